The van der Waals surface area contributed by atoms with E-state index in [1.54, 1.807) is 23.9 Å². The molecule has 1 N–H and O–H groups in total. The van der Waals surface area contributed by atoms with Crippen LogP contribution < -0.4 is 0 Å². The lowest BCUT2D eigenvalue weighted by atomic mass is 10.2. The van der Waals surface area contributed by atoms with Crippen LogP contribution in [0.15, 0.2) is 22.7 Å². The van der Waals surface area contributed by atoms with Crippen molar-refractivity contribution >= 4 is 5.97 Å². The van der Waals surface area contributed by atoms with Crippen molar-refractivity contribution in [3.8, 4) is 0 Å². The summed E-state index contributed by atoms with van der Waals surface area (Å²) in [6.45, 7) is 4.10. The smallest absolute Gasteiger partial charge is 0.372 e. The zero-order chi connectivity index (χ0) is 11.7. The maximum absolute atomic E-state index is 10.8. The maximum atomic E-state index is 10.8. The third-order valence-electron chi connectivity index (χ3n) is 2.40. The summed E-state index contributed by atoms with van der Waals surface area (Å²) >= 11 is 0. The van der Waals surface area contributed by atoms with Gasteiger partial charge in [-0.2, -0.15) is 5.10 Å². The highest BCUT2D eigenvalue weighted by atomic mass is 16.4. The fourth-order valence-corrected chi connectivity index (χ4v) is 1.55. The third-order valence-corrected chi connectivity index (χ3v) is 2.40. The minimum absolute atomic E-state index is 0.000177. The molecule has 5 heteroatoms. The van der Waals surface area contributed by atoms with Gasteiger partial charge in [-0.3, -0.25) is 4.68 Å². The highest BCUT2D eigenvalue weighted by molar-refractivity contribution is 5.86. The molecule has 84 valence electrons. The van der Waals surface area contributed by atoms with Gasteiger partial charge in [0.25, 0.3) is 0 Å². The van der Waals surface area contributed by atoms with Crippen molar-refractivity contribution in [1.29, 1.82) is 0 Å². The Bertz CT molecular complexity index is 525. The largest absolute Gasteiger partial charge is 0.475 e. The first kappa shape index (κ1) is 10.5. The van der Waals surface area contributed by atoms with E-state index in [1.807, 2.05) is 13.0 Å². The van der Waals surface area contributed by atoms with E-state index < -0.39 is 5.97 Å². The molecular formula is C11H12N2O3. The van der Waals surface area contributed by atoms with Gasteiger partial charge >= 0.3 is 5.97 Å². The average Bonchev–Trinajstić information content (AvgIpc) is 2.75. The predicted octanol–water partition coefficient (Wildman–Crippen LogP) is 1.84. The Labute approximate surface area is 92.3 Å². The lowest BCUT2D eigenvalue weighted by molar-refractivity contribution is 0.0659. The van der Waals surface area contributed by atoms with Crippen molar-refractivity contribution in [2.24, 2.45) is 0 Å². The molecule has 0 fully saturated rings. The standard InChI is InChI=1S/C11H12N2O3/c1-7-5-9(16-10(7)11(14)15)6-13-8(2)3-4-12-13/h3-5H,6H2,1-2H3,(H,14,15). The SMILES string of the molecule is Cc1cc(Cn2nccc2C)oc1C(=O)O. The van der Waals surface area contributed by atoms with E-state index in [1.165, 1.54) is 0 Å². The first-order valence-electron chi connectivity index (χ1n) is 4.89. The molecule has 0 aromatic carbocycles. The minimum atomic E-state index is -1.04. The summed E-state index contributed by atoms with van der Waals surface area (Å²) in [5.74, 6) is -0.442. The van der Waals surface area contributed by atoms with E-state index >= 15 is 0 Å². The third kappa shape index (κ3) is 1.84. The van der Waals surface area contributed by atoms with E-state index in [0.29, 0.717) is 17.9 Å². The van der Waals surface area contributed by atoms with Gasteiger partial charge in [-0.25, -0.2) is 4.79 Å². The van der Waals surface area contributed by atoms with Gasteiger partial charge in [0.1, 0.15) is 5.76 Å². The fourth-order valence-electron chi connectivity index (χ4n) is 1.55. The molecule has 0 aliphatic carbocycles. The fraction of sp³-hybridized carbons (Fsp3) is 0.273. The van der Waals surface area contributed by atoms with Crippen molar-refractivity contribution in [3.63, 3.8) is 0 Å². The van der Waals surface area contributed by atoms with Crippen LogP contribution in [0.2, 0.25) is 0 Å². The maximum Gasteiger partial charge on any atom is 0.372 e. The molecule has 0 amide bonds. The number of hydrogen-bond donors (Lipinski definition) is 1. The summed E-state index contributed by atoms with van der Waals surface area (Å²) in [6.07, 6.45) is 1.70. The van der Waals surface area contributed by atoms with Gasteiger partial charge in [-0.05, 0) is 26.0 Å². The van der Waals surface area contributed by atoms with Crippen molar-refractivity contribution < 1.29 is 14.3 Å². The molecule has 0 atom stereocenters. The Balaban J connectivity index is 2.26. The van der Waals surface area contributed by atoms with Gasteiger partial charge in [0.05, 0.1) is 6.54 Å². The van der Waals surface area contributed by atoms with Gasteiger partial charge < -0.3 is 9.52 Å². The van der Waals surface area contributed by atoms with Crippen LogP contribution in [0.1, 0.15) is 27.6 Å². The molecule has 0 unspecified atom stereocenters. The molecule has 2 heterocycles. The second-order valence-corrected chi connectivity index (χ2v) is 3.66. The van der Waals surface area contributed by atoms with Crippen LogP contribution in [0.3, 0.4) is 0 Å². The number of furan rings is 1. The summed E-state index contributed by atoms with van der Waals surface area (Å²) in [7, 11) is 0. The number of aryl methyl sites for hydroxylation is 2. The highest BCUT2D eigenvalue weighted by Gasteiger charge is 2.14. The number of aromatic carboxylic acids is 1. The zero-order valence-electron chi connectivity index (χ0n) is 9.10. The number of aromatic nitrogens is 2. The van der Waals surface area contributed by atoms with Crippen LogP contribution in [0, 0.1) is 13.8 Å². The monoisotopic (exact) mass is 220 g/mol. The van der Waals surface area contributed by atoms with Gasteiger partial charge in [0, 0.05) is 17.5 Å². The van der Waals surface area contributed by atoms with Crippen molar-refractivity contribution in [2.75, 3.05) is 0 Å². The molecule has 2 rings (SSSR count). The van der Waals surface area contributed by atoms with Gasteiger partial charge in [-0.15, -0.1) is 0 Å². The van der Waals surface area contributed by atoms with Crippen LogP contribution >= 0.6 is 0 Å². The molecular weight excluding hydrogens is 208 g/mol. The summed E-state index contributed by atoms with van der Waals surface area (Å²) in [6, 6.07) is 3.61. The molecule has 0 aliphatic rings. The Kier molecular flexibility index (Phi) is 2.52. The molecule has 0 saturated heterocycles. The molecule has 0 bridgehead atoms. The number of rotatable bonds is 3. The minimum Gasteiger partial charge on any atom is -0.475 e. The first-order chi connectivity index (χ1) is 7.58. The number of carboxylic acid groups (broad SMARTS) is 1. The van der Waals surface area contributed by atoms with Crippen LogP contribution in [-0.2, 0) is 6.54 Å². The Morgan fingerprint density at radius 3 is 2.81 bits per heavy atom. The van der Waals surface area contributed by atoms with E-state index in [9.17, 15) is 4.79 Å². The van der Waals surface area contributed by atoms with Crippen molar-refractivity contribution in [1.82, 2.24) is 9.78 Å². The van der Waals surface area contributed by atoms with Crippen LogP contribution in [0.5, 0.6) is 0 Å². The van der Waals surface area contributed by atoms with Crippen molar-refractivity contribution in [2.45, 2.75) is 20.4 Å². The molecule has 0 spiro atoms. The molecule has 2 aromatic rings. The molecule has 5 nitrogen and oxygen atoms in total. The number of carbonyl (C=O) groups is 1. The normalized spacial score (nSPS) is 10.6. The topological polar surface area (TPSA) is 68.3 Å². The number of nitrogens with zero attached hydrogens (tertiary/aromatic N) is 2. The number of carboxylic acids is 1. The summed E-state index contributed by atoms with van der Waals surface area (Å²) < 4.78 is 7.00. The van der Waals surface area contributed by atoms with Crippen LogP contribution in [-0.4, -0.2) is 20.9 Å². The second-order valence-electron chi connectivity index (χ2n) is 3.66. The Morgan fingerprint density at radius 2 is 2.31 bits per heavy atom. The first-order valence-corrected chi connectivity index (χ1v) is 4.89. The zero-order valence-corrected chi connectivity index (χ0v) is 9.10. The molecule has 0 saturated carbocycles. The highest BCUT2D eigenvalue weighted by Crippen LogP contribution is 2.15. The molecule has 0 aliphatic heterocycles. The second kappa shape index (κ2) is 3.84. The van der Waals surface area contributed by atoms with E-state index in [2.05, 4.69) is 5.10 Å². The van der Waals surface area contributed by atoms with E-state index in [4.69, 9.17) is 9.52 Å². The average molecular weight is 220 g/mol. The summed E-state index contributed by atoms with van der Waals surface area (Å²) in [5.41, 5.74) is 1.64. The van der Waals surface area contributed by atoms with E-state index in [0.717, 1.165) is 5.69 Å². The number of hydrogen-bond acceptors (Lipinski definition) is 3. The van der Waals surface area contributed by atoms with Gasteiger partial charge in [0.15, 0.2) is 0 Å². The van der Waals surface area contributed by atoms with Crippen molar-refractivity contribution in [3.05, 3.63) is 41.1 Å². The Morgan fingerprint density at radius 1 is 1.56 bits per heavy atom. The predicted molar refractivity (Wildman–Crippen MR) is 56.5 cm³/mol. The molecule has 2 aromatic heterocycles. The molecule has 0 radical (unpaired) electrons. The van der Waals surface area contributed by atoms with Gasteiger partial charge in [0.2, 0.25) is 5.76 Å². The van der Waals surface area contributed by atoms with Gasteiger partial charge in [-0.1, -0.05) is 0 Å². The molecule has 16 heavy (non-hydrogen) atoms. The van der Waals surface area contributed by atoms with Crippen LogP contribution in [0.4, 0.5) is 0 Å². The van der Waals surface area contributed by atoms with E-state index in [-0.39, 0.29) is 5.76 Å². The lowest BCUT2D eigenvalue weighted by Crippen LogP contribution is -2.02. The lowest BCUT2D eigenvalue weighted by Gasteiger charge is -2.00. The Hall–Kier alpha value is -2.04. The summed E-state index contributed by atoms with van der Waals surface area (Å²) in [5, 5.41) is 12.9. The quantitative estimate of drug-likeness (QED) is 0.856. The summed E-state index contributed by atoms with van der Waals surface area (Å²) in [4.78, 5) is 10.8. The van der Waals surface area contributed by atoms with Crippen LogP contribution in [0.25, 0.3) is 0 Å².